The van der Waals surface area contributed by atoms with Crippen molar-refractivity contribution in [1.82, 2.24) is 0 Å². The molecule has 0 N–H and O–H groups in total. The predicted octanol–water partition coefficient (Wildman–Crippen LogP) is 4.44. The van der Waals surface area contributed by atoms with E-state index in [0.717, 1.165) is 0 Å². The third-order valence-electron chi connectivity index (χ3n) is 0. The number of rotatable bonds is 0. The first-order valence-corrected chi connectivity index (χ1v) is 3.83. The summed E-state index contributed by atoms with van der Waals surface area (Å²) in [6.07, 6.45) is 2.50. The van der Waals surface area contributed by atoms with E-state index in [9.17, 15) is 0 Å². The third kappa shape index (κ3) is 1160. The van der Waals surface area contributed by atoms with Crippen LogP contribution in [0.3, 0.4) is 0 Å². The smallest absolute Gasteiger partial charge is 0.0590 e. The van der Waals surface area contributed by atoms with Gasteiger partial charge in [-0.2, -0.15) is 0 Å². The van der Waals surface area contributed by atoms with Crippen molar-refractivity contribution in [2.75, 3.05) is 0 Å². The Morgan fingerprint density at radius 3 is 0.600 bits per heavy atom. The Kier molecular flexibility index (Phi) is 492. The topological polar surface area (TPSA) is 0 Å². The highest BCUT2D eigenvalue weighted by Crippen LogP contribution is 1.56. The normalized spacial score (nSPS) is 4.40. The largest absolute Gasteiger partial charge is 0.106 e. The van der Waals surface area contributed by atoms with Gasteiger partial charge >= 0.3 is 0 Å². The summed E-state index contributed by atoms with van der Waals surface area (Å²) in [4.78, 5) is 0. The minimum Gasteiger partial charge on any atom is -0.106 e. The molecule has 0 nitrogen and oxygen atoms in total. The van der Waals surface area contributed by atoms with Crippen LogP contribution in [-0.4, -0.2) is 0 Å². The number of hydrogen-bond acceptors (Lipinski definition) is 0. The molecule has 0 aromatic rings. The van der Waals surface area contributed by atoms with Gasteiger partial charge in [0.15, 0.2) is 0 Å². The van der Waals surface area contributed by atoms with Crippen molar-refractivity contribution < 1.29 is 0 Å². The molecule has 0 aliphatic carbocycles. The first kappa shape index (κ1) is 22.7. The molecule has 0 unspecified atom stereocenters. The lowest BCUT2D eigenvalue weighted by Gasteiger charge is -1.48. The second-order valence-electron chi connectivity index (χ2n) is 1.41. The minimum absolute atomic E-state index is 1.25. The summed E-state index contributed by atoms with van der Waals surface area (Å²) in [5.41, 5.74) is 0. The predicted molar refractivity (Wildman–Crippen MR) is 54.4 cm³/mol. The van der Waals surface area contributed by atoms with Gasteiger partial charge < -0.3 is 0 Å². The van der Waals surface area contributed by atoms with Gasteiger partial charge in [-0.3, -0.25) is 0 Å². The van der Waals surface area contributed by atoms with Gasteiger partial charge in [-0.15, -0.1) is 26.3 Å². The van der Waals surface area contributed by atoms with E-state index in [4.69, 9.17) is 0 Å². The van der Waals surface area contributed by atoms with Gasteiger partial charge in [-0.25, -0.2) is 0 Å². The Balaban J connectivity index is -0.0000000246. The first-order chi connectivity index (χ1) is 4.83. The van der Waals surface area contributed by atoms with Gasteiger partial charge in [0.05, 0.1) is 0 Å². The van der Waals surface area contributed by atoms with Crippen molar-refractivity contribution in [3.63, 3.8) is 0 Å². The Hall–Kier alpha value is -0.520. The van der Waals surface area contributed by atoms with Crippen molar-refractivity contribution in [3.8, 4) is 0 Å². The van der Waals surface area contributed by atoms with Gasteiger partial charge in [-0.05, 0) is 0 Å². The fourth-order valence-corrected chi connectivity index (χ4v) is 0. The lowest BCUT2D eigenvalue weighted by Crippen LogP contribution is -1.27. The molecule has 0 radical (unpaired) electrons. The van der Waals surface area contributed by atoms with Gasteiger partial charge in [0, 0.05) is 0 Å². The summed E-state index contributed by atoms with van der Waals surface area (Å²) in [7, 11) is 0. The molecule has 64 valence electrons. The molecule has 0 fully saturated rings. The standard InChI is InChI=1S/2C3H8.2C2H4/c2*1-3-2;2*1-2/h2*3H2,1-2H3;2*1-2H2. The number of hydrogen-bond donors (Lipinski definition) is 0. The van der Waals surface area contributed by atoms with E-state index in [-0.39, 0.29) is 0 Å². The molecule has 0 rings (SSSR count). The van der Waals surface area contributed by atoms with Crippen LogP contribution in [-0.2, 0) is 0 Å². The highest BCUT2D eigenvalue weighted by molar-refractivity contribution is 4.22. The second-order valence-corrected chi connectivity index (χ2v) is 1.41. The van der Waals surface area contributed by atoms with Crippen LogP contribution < -0.4 is 0 Å². The van der Waals surface area contributed by atoms with E-state index in [2.05, 4.69) is 54.0 Å². The second kappa shape index (κ2) is 217. The van der Waals surface area contributed by atoms with Gasteiger partial charge in [-0.1, -0.05) is 40.5 Å². The van der Waals surface area contributed by atoms with E-state index < -0.39 is 0 Å². The maximum atomic E-state index is 3.00. The molecule has 0 aliphatic rings. The molecular formula is C10H24. The zero-order chi connectivity index (χ0) is 9.41. The molecule has 0 bridgehead atoms. The molecular weight excluding hydrogens is 120 g/mol. The van der Waals surface area contributed by atoms with Crippen LogP contribution in [0.2, 0.25) is 0 Å². The molecule has 0 aromatic heterocycles. The van der Waals surface area contributed by atoms with Crippen LogP contribution in [0.15, 0.2) is 26.3 Å². The molecule has 0 heteroatoms. The molecule has 10 heavy (non-hydrogen) atoms. The first-order valence-electron chi connectivity index (χ1n) is 3.83. The molecule has 0 spiro atoms. The maximum Gasteiger partial charge on any atom is -0.0590 e. The van der Waals surface area contributed by atoms with E-state index >= 15 is 0 Å². The fourth-order valence-electron chi connectivity index (χ4n) is 0. The van der Waals surface area contributed by atoms with Crippen LogP contribution in [0, 0.1) is 0 Å². The van der Waals surface area contributed by atoms with E-state index in [1.165, 1.54) is 12.8 Å². The zero-order valence-electron chi connectivity index (χ0n) is 8.24. The Morgan fingerprint density at radius 2 is 0.600 bits per heavy atom. The van der Waals surface area contributed by atoms with Crippen LogP contribution in [0.25, 0.3) is 0 Å². The van der Waals surface area contributed by atoms with Crippen LogP contribution >= 0.6 is 0 Å². The lowest BCUT2D eigenvalue weighted by atomic mass is 10.6. The van der Waals surface area contributed by atoms with E-state index in [0.29, 0.717) is 0 Å². The van der Waals surface area contributed by atoms with Crippen LogP contribution in [0.5, 0.6) is 0 Å². The SMILES string of the molecule is C=C.C=C.CCC.CCC. The Morgan fingerprint density at radius 1 is 0.600 bits per heavy atom. The molecule has 0 saturated heterocycles. The van der Waals surface area contributed by atoms with Crippen molar-refractivity contribution in [2.45, 2.75) is 40.5 Å². The average Bonchev–Trinajstić information content (AvgIpc) is 1.99. The molecule has 0 saturated carbocycles. The molecule has 0 aromatic carbocycles. The minimum atomic E-state index is 1.25. The zero-order valence-corrected chi connectivity index (χ0v) is 8.24. The van der Waals surface area contributed by atoms with E-state index in [1.54, 1.807) is 0 Å². The monoisotopic (exact) mass is 144 g/mol. The van der Waals surface area contributed by atoms with Crippen molar-refractivity contribution in [1.29, 1.82) is 0 Å². The Bertz CT molecular complexity index is 12.0. The highest BCUT2D eigenvalue weighted by Gasteiger charge is 1.36. The average molecular weight is 144 g/mol. The Labute approximate surface area is 67.7 Å². The van der Waals surface area contributed by atoms with Crippen LogP contribution in [0.4, 0.5) is 0 Å². The summed E-state index contributed by atoms with van der Waals surface area (Å²) in [6, 6.07) is 0. The quantitative estimate of drug-likeness (QED) is 0.441. The van der Waals surface area contributed by atoms with Crippen molar-refractivity contribution >= 4 is 0 Å². The summed E-state index contributed by atoms with van der Waals surface area (Å²) in [6.45, 7) is 20.5. The van der Waals surface area contributed by atoms with Gasteiger partial charge in [0.1, 0.15) is 0 Å². The summed E-state index contributed by atoms with van der Waals surface area (Å²) in [5, 5.41) is 0. The summed E-state index contributed by atoms with van der Waals surface area (Å²) in [5.74, 6) is 0. The molecule has 0 heterocycles. The lowest BCUT2D eigenvalue weighted by molar-refractivity contribution is 1.09. The molecule has 0 aliphatic heterocycles. The maximum absolute atomic E-state index is 3.00. The fraction of sp³-hybridized carbons (Fsp3) is 0.600. The van der Waals surface area contributed by atoms with Crippen molar-refractivity contribution in [3.05, 3.63) is 26.3 Å². The van der Waals surface area contributed by atoms with Gasteiger partial charge in [0.25, 0.3) is 0 Å². The van der Waals surface area contributed by atoms with Crippen molar-refractivity contribution in [2.24, 2.45) is 0 Å². The molecule has 0 amide bonds. The van der Waals surface area contributed by atoms with Gasteiger partial charge in [0.2, 0.25) is 0 Å². The third-order valence-corrected chi connectivity index (χ3v) is 0. The highest BCUT2D eigenvalue weighted by atomic mass is 13.4. The summed E-state index contributed by atoms with van der Waals surface area (Å²) < 4.78 is 0. The molecule has 0 atom stereocenters. The summed E-state index contributed by atoms with van der Waals surface area (Å²) >= 11 is 0. The van der Waals surface area contributed by atoms with E-state index in [1.807, 2.05) is 0 Å². The van der Waals surface area contributed by atoms with Crippen LogP contribution in [0.1, 0.15) is 40.5 Å².